The fraction of sp³-hybridized carbons (Fsp3) is 0.350. The molecule has 2 aromatic carbocycles. The monoisotopic (exact) mass is 468 g/mol. The van der Waals surface area contributed by atoms with E-state index in [2.05, 4.69) is 10.1 Å². The topological polar surface area (TPSA) is 116 Å². The molecule has 2 rings (SSSR count). The maximum atomic E-state index is 13.0. The Bertz CT molecular complexity index is 1150. The number of aryl methyl sites for hydroxylation is 2. The van der Waals surface area contributed by atoms with Crippen LogP contribution in [0, 0.1) is 13.8 Å². The summed E-state index contributed by atoms with van der Waals surface area (Å²) >= 11 is 0. The Hall–Kier alpha value is -2.47. The minimum Gasteiger partial charge on any atom is -0.289 e. The van der Waals surface area contributed by atoms with Crippen molar-refractivity contribution < 1.29 is 21.6 Å². The van der Waals surface area contributed by atoms with Gasteiger partial charge in [-0.15, -0.1) is 0 Å². The maximum Gasteiger partial charge on any atom is 0.264 e. The number of hydrogen-bond acceptors (Lipinski definition) is 6. The van der Waals surface area contributed by atoms with E-state index in [1.807, 2.05) is 0 Å². The molecule has 2 aromatic rings. The van der Waals surface area contributed by atoms with E-state index in [1.54, 1.807) is 52.2 Å². The van der Waals surface area contributed by atoms with Crippen molar-refractivity contribution in [1.29, 1.82) is 0 Å². The number of rotatable bonds is 9. The number of amides is 1. The van der Waals surface area contributed by atoms with E-state index in [-0.39, 0.29) is 34.4 Å². The standard InChI is InChI=1S/C20H28N4O5S2/c1-15-13-16(2)19(30(26,27)21-12-11-20(25)22-23(3)4)14-18(15)24(5)31(28,29)17-9-7-6-8-10-17/h6-10,13-14,21H,11-12H2,1-5H3,(H,22,25). The second kappa shape index (κ2) is 9.77. The molecule has 0 aliphatic rings. The van der Waals surface area contributed by atoms with E-state index < -0.39 is 20.0 Å². The van der Waals surface area contributed by atoms with Crippen LogP contribution in [0.15, 0.2) is 52.3 Å². The van der Waals surface area contributed by atoms with Gasteiger partial charge in [0.25, 0.3) is 10.0 Å². The normalized spacial score (nSPS) is 12.1. The zero-order chi connectivity index (χ0) is 23.4. The first-order chi connectivity index (χ1) is 14.4. The highest BCUT2D eigenvalue weighted by atomic mass is 32.2. The molecule has 0 spiro atoms. The summed E-state index contributed by atoms with van der Waals surface area (Å²) in [6.07, 6.45) is -0.0442. The number of carbonyl (C=O) groups is 1. The Morgan fingerprint density at radius 3 is 2.13 bits per heavy atom. The summed E-state index contributed by atoms with van der Waals surface area (Å²) in [5, 5.41) is 1.47. The number of nitrogens with one attached hydrogen (secondary N) is 2. The summed E-state index contributed by atoms with van der Waals surface area (Å²) in [6.45, 7) is 3.26. The van der Waals surface area contributed by atoms with Gasteiger partial charge in [-0.1, -0.05) is 24.3 Å². The van der Waals surface area contributed by atoms with Crippen molar-refractivity contribution >= 4 is 31.6 Å². The molecule has 31 heavy (non-hydrogen) atoms. The van der Waals surface area contributed by atoms with Gasteiger partial charge in [0.2, 0.25) is 15.9 Å². The first-order valence-electron chi connectivity index (χ1n) is 9.48. The Kier molecular flexibility index (Phi) is 7.82. The highest BCUT2D eigenvalue weighted by Crippen LogP contribution is 2.30. The van der Waals surface area contributed by atoms with Crippen molar-refractivity contribution in [2.75, 3.05) is 32.0 Å². The third kappa shape index (κ3) is 6.03. The molecular formula is C20H28N4O5S2. The van der Waals surface area contributed by atoms with E-state index in [0.717, 1.165) is 4.31 Å². The van der Waals surface area contributed by atoms with Gasteiger partial charge in [-0.3, -0.25) is 14.5 Å². The van der Waals surface area contributed by atoms with Crippen LogP contribution in [0.3, 0.4) is 0 Å². The largest absolute Gasteiger partial charge is 0.289 e. The van der Waals surface area contributed by atoms with Gasteiger partial charge in [0.1, 0.15) is 0 Å². The lowest BCUT2D eigenvalue weighted by Crippen LogP contribution is -2.38. The van der Waals surface area contributed by atoms with Crippen molar-refractivity contribution in [3.8, 4) is 0 Å². The van der Waals surface area contributed by atoms with Crippen molar-refractivity contribution in [2.45, 2.75) is 30.1 Å². The Morgan fingerprint density at radius 1 is 0.935 bits per heavy atom. The molecular weight excluding hydrogens is 440 g/mol. The first-order valence-corrected chi connectivity index (χ1v) is 12.4. The van der Waals surface area contributed by atoms with Gasteiger partial charge in [-0.2, -0.15) is 0 Å². The number of hydrazine groups is 1. The van der Waals surface area contributed by atoms with Crippen LogP contribution in [0.2, 0.25) is 0 Å². The maximum absolute atomic E-state index is 13.0. The predicted octanol–water partition coefficient (Wildman–Crippen LogP) is 1.39. The van der Waals surface area contributed by atoms with Gasteiger partial charge < -0.3 is 0 Å². The minimum atomic E-state index is -3.96. The molecule has 0 unspecified atom stereocenters. The third-order valence-electron chi connectivity index (χ3n) is 4.52. The minimum absolute atomic E-state index is 0.0442. The summed E-state index contributed by atoms with van der Waals surface area (Å²) in [5.41, 5.74) is 3.86. The van der Waals surface area contributed by atoms with Crippen LogP contribution >= 0.6 is 0 Å². The number of benzene rings is 2. The van der Waals surface area contributed by atoms with Crippen LogP contribution in [0.25, 0.3) is 0 Å². The van der Waals surface area contributed by atoms with Crippen LogP contribution in [0.4, 0.5) is 5.69 Å². The van der Waals surface area contributed by atoms with Crippen molar-refractivity contribution in [1.82, 2.24) is 15.2 Å². The third-order valence-corrected chi connectivity index (χ3v) is 7.91. The molecule has 0 heterocycles. The van der Waals surface area contributed by atoms with Crippen LogP contribution in [-0.4, -0.2) is 55.4 Å². The molecule has 0 bridgehead atoms. The Morgan fingerprint density at radius 2 is 1.55 bits per heavy atom. The van der Waals surface area contributed by atoms with Crippen LogP contribution in [0.1, 0.15) is 17.5 Å². The van der Waals surface area contributed by atoms with E-state index in [4.69, 9.17) is 0 Å². The van der Waals surface area contributed by atoms with E-state index in [1.165, 1.54) is 30.3 Å². The summed E-state index contributed by atoms with van der Waals surface area (Å²) < 4.78 is 55.1. The highest BCUT2D eigenvalue weighted by Gasteiger charge is 2.25. The van der Waals surface area contributed by atoms with Crippen LogP contribution < -0.4 is 14.5 Å². The first kappa shape index (κ1) is 24.8. The molecule has 0 saturated carbocycles. The molecule has 9 nitrogen and oxygen atoms in total. The van der Waals surface area contributed by atoms with Gasteiger partial charge in [0, 0.05) is 34.1 Å². The number of anilines is 1. The fourth-order valence-corrected chi connectivity index (χ4v) is 5.56. The molecule has 1 amide bonds. The number of nitrogens with zero attached hydrogens (tertiary/aromatic N) is 2. The molecule has 2 N–H and O–H groups in total. The quantitative estimate of drug-likeness (QED) is 0.538. The van der Waals surface area contributed by atoms with Crippen molar-refractivity contribution in [3.05, 3.63) is 53.6 Å². The Balaban J connectivity index is 2.33. The second-order valence-electron chi connectivity index (χ2n) is 7.27. The van der Waals surface area contributed by atoms with Gasteiger partial charge in [-0.05, 0) is 43.2 Å². The molecule has 0 aromatic heterocycles. The lowest BCUT2D eigenvalue weighted by molar-refractivity contribution is -0.124. The summed E-state index contributed by atoms with van der Waals surface area (Å²) in [4.78, 5) is 11.8. The molecule has 0 radical (unpaired) electrons. The fourth-order valence-electron chi connectivity index (χ4n) is 3.01. The molecule has 170 valence electrons. The highest BCUT2D eigenvalue weighted by molar-refractivity contribution is 7.92. The smallest absolute Gasteiger partial charge is 0.264 e. The number of carbonyl (C=O) groups excluding carboxylic acids is 1. The van der Waals surface area contributed by atoms with Crippen LogP contribution in [-0.2, 0) is 24.8 Å². The van der Waals surface area contributed by atoms with Gasteiger partial charge in [-0.25, -0.2) is 26.6 Å². The summed E-state index contributed by atoms with van der Waals surface area (Å²) in [6, 6.07) is 10.9. The van der Waals surface area contributed by atoms with Crippen molar-refractivity contribution in [3.63, 3.8) is 0 Å². The average molecular weight is 469 g/mol. The molecule has 0 aliphatic heterocycles. The summed E-state index contributed by atoms with van der Waals surface area (Å²) in [7, 11) is -3.14. The number of hydrogen-bond donors (Lipinski definition) is 2. The van der Waals surface area contributed by atoms with Gasteiger partial charge in [0.15, 0.2) is 0 Å². The number of sulfonamides is 2. The molecule has 0 saturated heterocycles. The van der Waals surface area contributed by atoms with E-state index in [0.29, 0.717) is 11.1 Å². The Labute approximate surface area is 184 Å². The van der Waals surface area contributed by atoms with Crippen LogP contribution in [0.5, 0.6) is 0 Å². The van der Waals surface area contributed by atoms with Crippen molar-refractivity contribution in [2.24, 2.45) is 0 Å². The molecule has 11 heteroatoms. The van der Waals surface area contributed by atoms with Gasteiger partial charge >= 0.3 is 0 Å². The lowest BCUT2D eigenvalue weighted by atomic mass is 10.1. The van der Waals surface area contributed by atoms with E-state index in [9.17, 15) is 21.6 Å². The second-order valence-corrected chi connectivity index (χ2v) is 11.0. The predicted molar refractivity (Wildman–Crippen MR) is 120 cm³/mol. The van der Waals surface area contributed by atoms with E-state index >= 15 is 0 Å². The molecule has 0 fully saturated rings. The average Bonchev–Trinajstić information content (AvgIpc) is 2.67. The zero-order valence-electron chi connectivity index (χ0n) is 18.2. The lowest BCUT2D eigenvalue weighted by Gasteiger charge is -2.23. The SMILES string of the molecule is Cc1cc(C)c(S(=O)(=O)NCCC(=O)NN(C)C)cc1N(C)S(=O)(=O)c1ccccc1. The van der Waals surface area contributed by atoms with Gasteiger partial charge in [0.05, 0.1) is 15.5 Å². The molecule has 0 aliphatic carbocycles. The summed E-state index contributed by atoms with van der Waals surface area (Å²) in [5.74, 6) is -0.331. The zero-order valence-corrected chi connectivity index (χ0v) is 19.8. The molecule has 0 atom stereocenters.